The lowest BCUT2D eigenvalue weighted by atomic mass is 9.96. The van der Waals surface area contributed by atoms with Crippen molar-refractivity contribution in [3.63, 3.8) is 0 Å². The van der Waals surface area contributed by atoms with E-state index >= 15 is 0 Å². The smallest absolute Gasteiger partial charge is 0.251 e. The number of anilines is 1. The molecular weight excluding hydrogens is 453 g/mol. The number of rotatable bonds is 5. The van der Waals surface area contributed by atoms with Crippen molar-refractivity contribution in [1.29, 1.82) is 0 Å². The summed E-state index contributed by atoms with van der Waals surface area (Å²) in [5.41, 5.74) is 2.78. The molecule has 3 aromatic rings. The summed E-state index contributed by atoms with van der Waals surface area (Å²) in [5.74, 6) is -1.14. The van der Waals surface area contributed by atoms with Gasteiger partial charge in [0.25, 0.3) is 5.91 Å². The van der Waals surface area contributed by atoms with Crippen molar-refractivity contribution in [2.45, 2.75) is 18.5 Å². The molecule has 0 spiro atoms. The number of benzene rings is 3. The van der Waals surface area contributed by atoms with Crippen LogP contribution < -0.4 is 4.90 Å². The lowest BCUT2D eigenvalue weighted by molar-refractivity contribution is -0.123. The SMILES string of the molecule is O=C1CC(N2CCN(C(c3ccccc3)c3ccccc3)CC2)C(=O)N1c1ccc(F)c(Cl)c1. The fourth-order valence-corrected chi connectivity index (χ4v) is 5.16. The standard InChI is InChI=1S/C27H25ClFN3O2/c28-22-17-21(11-12-23(22)29)32-25(33)18-24(27(32)34)30-13-15-31(16-14-30)26(19-7-3-1-4-8-19)20-9-5-2-6-10-20/h1-12,17,24,26H,13-16,18H2. The van der Waals surface area contributed by atoms with Crippen LogP contribution >= 0.6 is 11.6 Å². The molecule has 2 fully saturated rings. The Hall–Kier alpha value is -3.06. The first-order valence-electron chi connectivity index (χ1n) is 11.4. The number of hydrogen-bond donors (Lipinski definition) is 0. The Bertz CT molecular complexity index is 1140. The second-order valence-electron chi connectivity index (χ2n) is 8.68. The predicted molar refractivity (Wildman–Crippen MR) is 130 cm³/mol. The van der Waals surface area contributed by atoms with Gasteiger partial charge in [-0.25, -0.2) is 9.29 Å². The lowest BCUT2D eigenvalue weighted by Crippen LogP contribution is -2.53. The van der Waals surface area contributed by atoms with E-state index in [9.17, 15) is 14.0 Å². The highest BCUT2D eigenvalue weighted by atomic mass is 35.5. The highest BCUT2D eigenvalue weighted by Crippen LogP contribution is 2.32. The van der Waals surface area contributed by atoms with Crippen LogP contribution in [0, 0.1) is 5.82 Å². The molecule has 0 bridgehead atoms. The number of halogens is 2. The van der Waals surface area contributed by atoms with Gasteiger partial charge in [0.2, 0.25) is 5.91 Å². The van der Waals surface area contributed by atoms with Crippen molar-refractivity contribution in [2.75, 3.05) is 31.1 Å². The fourth-order valence-electron chi connectivity index (χ4n) is 4.99. The molecule has 5 nitrogen and oxygen atoms in total. The van der Waals surface area contributed by atoms with Gasteiger partial charge in [0, 0.05) is 26.2 Å². The van der Waals surface area contributed by atoms with Crippen LogP contribution in [0.5, 0.6) is 0 Å². The molecule has 34 heavy (non-hydrogen) atoms. The van der Waals surface area contributed by atoms with Crippen LogP contribution in [0.3, 0.4) is 0 Å². The summed E-state index contributed by atoms with van der Waals surface area (Å²) in [5, 5.41) is -0.108. The van der Waals surface area contributed by atoms with Crippen molar-refractivity contribution in [2.24, 2.45) is 0 Å². The molecule has 0 aromatic heterocycles. The maximum atomic E-state index is 13.6. The minimum absolute atomic E-state index is 0.108. The van der Waals surface area contributed by atoms with E-state index in [2.05, 4.69) is 58.3 Å². The maximum absolute atomic E-state index is 13.6. The first kappa shape index (κ1) is 22.7. The summed E-state index contributed by atoms with van der Waals surface area (Å²) in [6, 6.07) is 24.4. The normalized spacial score (nSPS) is 19.9. The van der Waals surface area contributed by atoms with Crippen molar-refractivity contribution < 1.29 is 14.0 Å². The highest BCUT2D eigenvalue weighted by molar-refractivity contribution is 6.31. The van der Waals surface area contributed by atoms with Crippen LogP contribution in [0.1, 0.15) is 23.6 Å². The van der Waals surface area contributed by atoms with E-state index < -0.39 is 11.9 Å². The Balaban J connectivity index is 1.31. The van der Waals surface area contributed by atoms with Gasteiger partial charge in [-0.2, -0.15) is 0 Å². The summed E-state index contributed by atoms with van der Waals surface area (Å²) < 4.78 is 13.6. The molecule has 2 aliphatic heterocycles. The summed E-state index contributed by atoms with van der Waals surface area (Å²) in [4.78, 5) is 31.6. The first-order chi connectivity index (χ1) is 16.5. The van der Waals surface area contributed by atoms with Crippen LogP contribution in [-0.4, -0.2) is 53.8 Å². The number of nitrogens with zero attached hydrogens (tertiary/aromatic N) is 3. The van der Waals surface area contributed by atoms with Crippen LogP contribution in [0.4, 0.5) is 10.1 Å². The van der Waals surface area contributed by atoms with Crippen LogP contribution in [0.2, 0.25) is 5.02 Å². The van der Waals surface area contributed by atoms with Gasteiger partial charge < -0.3 is 0 Å². The summed E-state index contributed by atoms with van der Waals surface area (Å²) >= 11 is 5.88. The van der Waals surface area contributed by atoms with Gasteiger partial charge >= 0.3 is 0 Å². The molecular formula is C27H25ClFN3O2. The Morgan fingerprint density at radius 3 is 1.97 bits per heavy atom. The maximum Gasteiger partial charge on any atom is 0.251 e. The number of hydrogen-bond acceptors (Lipinski definition) is 4. The van der Waals surface area contributed by atoms with E-state index in [1.54, 1.807) is 0 Å². The van der Waals surface area contributed by atoms with Crippen LogP contribution in [-0.2, 0) is 9.59 Å². The zero-order valence-corrected chi connectivity index (χ0v) is 19.4. The minimum atomic E-state index is -0.580. The van der Waals surface area contributed by atoms with Crippen molar-refractivity contribution in [1.82, 2.24) is 9.80 Å². The average molecular weight is 478 g/mol. The average Bonchev–Trinajstić information content (AvgIpc) is 3.16. The number of imide groups is 1. The molecule has 2 heterocycles. The zero-order valence-electron chi connectivity index (χ0n) is 18.6. The number of piperazine rings is 1. The molecule has 2 saturated heterocycles. The minimum Gasteiger partial charge on any atom is -0.290 e. The second kappa shape index (κ2) is 9.66. The third kappa shape index (κ3) is 4.37. The molecule has 0 radical (unpaired) electrons. The topological polar surface area (TPSA) is 43.9 Å². The van der Waals surface area contributed by atoms with Gasteiger partial charge in [-0.3, -0.25) is 19.4 Å². The summed E-state index contributed by atoms with van der Waals surface area (Å²) in [6.45, 7) is 2.90. The van der Waals surface area contributed by atoms with Gasteiger partial charge in [0.05, 0.1) is 29.2 Å². The van der Waals surface area contributed by atoms with Gasteiger partial charge in [-0.05, 0) is 29.3 Å². The Morgan fingerprint density at radius 2 is 1.41 bits per heavy atom. The molecule has 1 unspecified atom stereocenters. The van der Waals surface area contributed by atoms with Gasteiger partial charge in [-0.15, -0.1) is 0 Å². The van der Waals surface area contributed by atoms with Gasteiger partial charge in [0.15, 0.2) is 0 Å². The summed E-state index contributed by atoms with van der Waals surface area (Å²) in [7, 11) is 0. The molecule has 5 rings (SSSR count). The van der Waals surface area contributed by atoms with Crippen molar-refractivity contribution >= 4 is 29.1 Å². The molecule has 174 valence electrons. The Morgan fingerprint density at radius 1 is 0.824 bits per heavy atom. The predicted octanol–water partition coefficient (Wildman–Crippen LogP) is 4.52. The van der Waals surface area contributed by atoms with E-state index in [1.807, 2.05) is 12.1 Å². The zero-order chi connectivity index (χ0) is 23.7. The lowest BCUT2D eigenvalue weighted by Gasteiger charge is -2.41. The number of carbonyl (C=O) groups is 2. The quantitative estimate of drug-likeness (QED) is 0.507. The fraction of sp³-hybridized carbons (Fsp3) is 0.259. The first-order valence-corrected chi connectivity index (χ1v) is 11.8. The molecule has 3 aromatic carbocycles. The van der Waals surface area contributed by atoms with E-state index in [0.717, 1.165) is 18.0 Å². The van der Waals surface area contributed by atoms with Crippen molar-refractivity contribution in [3.8, 4) is 0 Å². The molecule has 0 saturated carbocycles. The van der Waals surface area contributed by atoms with Crippen molar-refractivity contribution in [3.05, 3.63) is 101 Å². The van der Waals surface area contributed by atoms with Crippen LogP contribution in [0.15, 0.2) is 78.9 Å². The monoisotopic (exact) mass is 477 g/mol. The third-order valence-corrected chi connectivity index (χ3v) is 6.96. The van der Waals surface area contributed by atoms with E-state index in [0.29, 0.717) is 18.8 Å². The third-order valence-electron chi connectivity index (χ3n) is 6.67. The molecule has 2 aliphatic rings. The van der Waals surface area contributed by atoms with E-state index in [4.69, 9.17) is 11.6 Å². The second-order valence-corrected chi connectivity index (χ2v) is 9.09. The molecule has 1 atom stereocenters. The van der Waals surface area contributed by atoms with Gasteiger partial charge in [0.1, 0.15) is 5.82 Å². The molecule has 0 aliphatic carbocycles. The summed E-state index contributed by atoms with van der Waals surface area (Å²) in [6.07, 6.45) is 0.120. The molecule has 2 amide bonds. The van der Waals surface area contributed by atoms with E-state index in [-0.39, 0.29) is 29.3 Å². The van der Waals surface area contributed by atoms with E-state index in [1.165, 1.54) is 29.3 Å². The number of amides is 2. The highest BCUT2D eigenvalue weighted by Gasteiger charge is 2.44. The van der Waals surface area contributed by atoms with Crippen LogP contribution in [0.25, 0.3) is 0 Å². The Kier molecular flexibility index (Phi) is 6.46. The molecule has 7 heteroatoms. The number of carbonyl (C=O) groups excluding carboxylic acids is 2. The largest absolute Gasteiger partial charge is 0.290 e. The Labute approximate surface area is 203 Å². The van der Waals surface area contributed by atoms with Gasteiger partial charge in [-0.1, -0.05) is 72.3 Å². The molecule has 0 N–H and O–H groups in total.